The molecule has 5 heteroatoms. The molecule has 9 rings (SSSR count). The smallest absolute Gasteiger partial charge is 0.164 e. The van der Waals surface area contributed by atoms with Crippen LogP contribution in [0, 0.1) is 0 Å². The maximum absolute atomic E-state index is 6.62. The lowest BCUT2D eigenvalue weighted by Gasteiger charge is -2.10. The normalized spacial score (nSPS) is 11.3. The third-order valence-corrected chi connectivity index (χ3v) is 8.84. The van der Waals surface area contributed by atoms with Crippen LogP contribution in [0.15, 0.2) is 174 Å². The minimum Gasteiger partial charge on any atom is -0.455 e. The molecule has 3 aromatic heterocycles. The minimum absolute atomic E-state index is 0.587. The molecule has 230 valence electrons. The van der Waals surface area contributed by atoms with E-state index in [1.165, 1.54) is 11.1 Å². The molecule has 0 N–H and O–H groups in total. The molecular weight excluding hydrogens is 601 g/mol. The first-order valence-corrected chi connectivity index (χ1v) is 16.2. The van der Waals surface area contributed by atoms with Crippen molar-refractivity contribution in [2.24, 2.45) is 0 Å². The summed E-state index contributed by atoms with van der Waals surface area (Å²) in [5.74, 6) is 1.79. The molecule has 0 saturated carbocycles. The van der Waals surface area contributed by atoms with Crippen LogP contribution < -0.4 is 0 Å². The highest BCUT2D eigenvalue weighted by atomic mass is 16.3. The van der Waals surface area contributed by atoms with E-state index in [0.29, 0.717) is 17.5 Å². The van der Waals surface area contributed by atoms with Gasteiger partial charge in [0, 0.05) is 44.8 Å². The van der Waals surface area contributed by atoms with Crippen molar-refractivity contribution in [1.29, 1.82) is 0 Å². The van der Waals surface area contributed by atoms with Gasteiger partial charge in [-0.15, -0.1) is 0 Å². The van der Waals surface area contributed by atoms with E-state index < -0.39 is 0 Å². The lowest BCUT2D eigenvalue weighted by atomic mass is 9.98. The van der Waals surface area contributed by atoms with Gasteiger partial charge in [0.15, 0.2) is 17.5 Å². The van der Waals surface area contributed by atoms with E-state index in [9.17, 15) is 0 Å². The highest BCUT2D eigenvalue weighted by molar-refractivity contribution is 6.15. The molecule has 0 aliphatic heterocycles. The molecule has 9 aromatic rings. The molecule has 0 spiro atoms. The molecule has 3 heterocycles. The summed E-state index contributed by atoms with van der Waals surface area (Å²) in [7, 11) is 0. The molecule has 5 nitrogen and oxygen atoms in total. The van der Waals surface area contributed by atoms with Gasteiger partial charge in [-0.25, -0.2) is 15.0 Å². The summed E-state index contributed by atoms with van der Waals surface area (Å²) >= 11 is 0. The number of nitrogens with zero attached hydrogens (tertiary/aromatic N) is 4. The number of pyridine rings is 1. The molecule has 0 aliphatic rings. The van der Waals surface area contributed by atoms with Gasteiger partial charge in [0.05, 0.1) is 5.69 Å². The lowest BCUT2D eigenvalue weighted by Crippen LogP contribution is -2.00. The topological polar surface area (TPSA) is 64.7 Å². The van der Waals surface area contributed by atoms with Crippen molar-refractivity contribution in [1.82, 2.24) is 19.9 Å². The van der Waals surface area contributed by atoms with Crippen molar-refractivity contribution >= 4 is 21.9 Å². The Bertz CT molecular complexity index is 2560. The van der Waals surface area contributed by atoms with E-state index in [1.54, 1.807) is 6.20 Å². The van der Waals surface area contributed by atoms with Crippen LogP contribution in [0.3, 0.4) is 0 Å². The fraction of sp³-hybridized carbons (Fsp3) is 0. The molecule has 0 atom stereocenters. The standard InChI is InChI=1S/C44H28N4O/c1-3-11-29(12-4-1)30-20-22-31(23-21-30)35-15-9-16-36-40-37(17-10-19-39(40)49-41(35)36)44-47-42(33-13-5-2-6-14-33)46-43(48-44)34-26-24-32(25-27-34)38-18-7-8-28-45-38/h1-28H. The van der Waals surface area contributed by atoms with Crippen LogP contribution in [0.4, 0.5) is 0 Å². The minimum atomic E-state index is 0.587. The van der Waals surface area contributed by atoms with Gasteiger partial charge in [-0.2, -0.15) is 0 Å². The van der Waals surface area contributed by atoms with E-state index in [2.05, 4.69) is 89.9 Å². The van der Waals surface area contributed by atoms with Crippen molar-refractivity contribution in [2.45, 2.75) is 0 Å². The van der Waals surface area contributed by atoms with Gasteiger partial charge in [-0.3, -0.25) is 4.98 Å². The summed E-state index contributed by atoms with van der Waals surface area (Å²) in [5, 5.41) is 1.99. The summed E-state index contributed by atoms with van der Waals surface area (Å²) < 4.78 is 6.62. The number of hydrogen-bond acceptors (Lipinski definition) is 5. The van der Waals surface area contributed by atoms with Crippen molar-refractivity contribution < 1.29 is 4.42 Å². The molecule has 0 amide bonds. The first-order chi connectivity index (χ1) is 24.3. The Morgan fingerprint density at radius 1 is 0.367 bits per heavy atom. The number of furan rings is 1. The quantitative estimate of drug-likeness (QED) is 0.183. The summed E-state index contributed by atoms with van der Waals surface area (Å²) in [6.45, 7) is 0. The second kappa shape index (κ2) is 12.1. The molecule has 0 saturated heterocycles. The Labute approximate surface area is 283 Å². The number of fused-ring (bicyclic) bond motifs is 3. The van der Waals surface area contributed by atoms with E-state index in [1.807, 2.05) is 78.9 Å². The van der Waals surface area contributed by atoms with E-state index in [-0.39, 0.29) is 0 Å². The third-order valence-electron chi connectivity index (χ3n) is 8.84. The predicted octanol–water partition coefficient (Wildman–Crippen LogP) is 11.2. The molecule has 0 aliphatic carbocycles. The van der Waals surface area contributed by atoms with Gasteiger partial charge in [0.25, 0.3) is 0 Å². The molecule has 6 aromatic carbocycles. The highest BCUT2D eigenvalue weighted by Gasteiger charge is 2.19. The first kappa shape index (κ1) is 28.5. The molecule has 0 bridgehead atoms. The highest BCUT2D eigenvalue weighted by Crippen LogP contribution is 2.40. The first-order valence-electron chi connectivity index (χ1n) is 16.2. The molecule has 0 radical (unpaired) electrons. The van der Waals surface area contributed by atoms with Gasteiger partial charge in [-0.05, 0) is 34.9 Å². The van der Waals surface area contributed by atoms with E-state index in [0.717, 1.165) is 61.0 Å². The van der Waals surface area contributed by atoms with E-state index >= 15 is 0 Å². The maximum Gasteiger partial charge on any atom is 0.164 e. The molecule has 49 heavy (non-hydrogen) atoms. The van der Waals surface area contributed by atoms with Crippen LogP contribution in [0.2, 0.25) is 0 Å². The Balaban J connectivity index is 1.18. The zero-order valence-corrected chi connectivity index (χ0v) is 26.4. The monoisotopic (exact) mass is 628 g/mol. The molecule has 0 unspecified atom stereocenters. The number of para-hydroxylation sites is 1. The van der Waals surface area contributed by atoms with E-state index in [4.69, 9.17) is 19.4 Å². The third kappa shape index (κ3) is 5.33. The van der Waals surface area contributed by atoms with Gasteiger partial charge >= 0.3 is 0 Å². The summed E-state index contributed by atoms with van der Waals surface area (Å²) in [5.41, 5.74) is 10.8. The SMILES string of the molecule is c1ccc(-c2ccc(-c3cccc4c3oc3cccc(-c5nc(-c6ccccc6)nc(-c6ccc(-c7ccccn7)cc6)n5)c34)cc2)cc1. The molecular formula is C44H28N4O. The summed E-state index contributed by atoms with van der Waals surface area (Å²) in [6, 6.07) is 55.6. The number of benzene rings is 6. The summed E-state index contributed by atoms with van der Waals surface area (Å²) in [4.78, 5) is 19.6. The fourth-order valence-electron chi connectivity index (χ4n) is 6.40. The lowest BCUT2D eigenvalue weighted by molar-refractivity contribution is 0.670. The number of aromatic nitrogens is 4. The maximum atomic E-state index is 6.62. The van der Waals surface area contributed by atoms with Crippen molar-refractivity contribution in [2.75, 3.05) is 0 Å². The van der Waals surface area contributed by atoms with Gasteiger partial charge in [-0.1, -0.05) is 146 Å². The summed E-state index contributed by atoms with van der Waals surface area (Å²) in [6.07, 6.45) is 1.80. The van der Waals surface area contributed by atoms with Gasteiger partial charge < -0.3 is 4.42 Å². The number of rotatable bonds is 6. The second-order valence-corrected chi connectivity index (χ2v) is 11.9. The largest absolute Gasteiger partial charge is 0.455 e. The van der Waals surface area contributed by atoms with Crippen LogP contribution in [0.25, 0.3) is 89.6 Å². The van der Waals surface area contributed by atoms with Crippen LogP contribution in [-0.2, 0) is 0 Å². The Kier molecular flexibility index (Phi) is 7.06. The van der Waals surface area contributed by atoms with Gasteiger partial charge in [0.1, 0.15) is 11.2 Å². The van der Waals surface area contributed by atoms with Crippen molar-refractivity contribution in [3.05, 3.63) is 170 Å². The zero-order valence-electron chi connectivity index (χ0n) is 26.4. The van der Waals surface area contributed by atoms with Crippen LogP contribution in [-0.4, -0.2) is 19.9 Å². The van der Waals surface area contributed by atoms with Crippen molar-refractivity contribution in [3.8, 4) is 67.7 Å². The Morgan fingerprint density at radius 3 is 1.63 bits per heavy atom. The molecule has 0 fully saturated rings. The van der Waals surface area contributed by atoms with Gasteiger partial charge in [0.2, 0.25) is 0 Å². The predicted molar refractivity (Wildman–Crippen MR) is 198 cm³/mol. The van der Waals surface area contributed by atoms with Crippen LogP contribution >= 0.6 is 0 Å². The number of hydrogen-bond donors (Lipinski definition) is 0. The Hall–Kier alpha value is -6.72. The Morgan fingerprint density at radius 2 is 0.918 bits per heavy atom. The van der Waals surface area contributed by atoms with Crippen LogP contribution in [0.1, 0.15) is 0 Å². The van der Waals surface area contributed by atoms with Crippen molar-refractivity contribution in [3.63, 3.8) is 0 Å². The average molecular weight is 629 g/mol. The second-order valence-electron chi connectivity index (χ2n) is 11.9. The van der Waals surface area contributed by atoms with Crippen LogP contribution in [0.5, 0.6) is 0 Å². The average Bonchev–Trinajstić information content (AvgIpc) is 3.58. The zero-order chi connectivity index (χ0) is 32.6. The fourth-order valence-corrected chi connectivity index (χ4v) is 6.40.